The zero-order valence-corrected chi connectivity index (χ0v) is 6.12. The molecule has 1 fully saturated rings. The summed E-state index contributed by atoms with van der Waals surface area (Å²) in [5, 5.41) is 8.71. The van der Waals surface area contributed by atoms with Crippen LogP contribution in [-0.2, 0) is 4.74 Å². The Hall–Kier alpha value is -0.120. The van der Waals surface area contributed by atoms with Crippen LogP contribution >= 0.6 is 0 Å². The Morgan fingerprint density at radius 2 is 2.50 bits per heavy atom. The highest BCUT2D eigenvalue weighted by Crippen LogP contribution is 2.15. The summed E-state index contributed by atoms with van der Waals surface area (Å²) in [6.07, 6.45) is 2.18. The summed E-state index contributed by atoms with van der Waals surface area (Å²) in [4.78, 5) is 0. The molecule has 0 aromatic rings. The SMILES string of the molecule is N[C@@H](CO)[C@H]1CCCOC1. The molecule has 0 aromatic carbocycles. The molecule has 1 heterocycles. The van der Waals surface area contributed by atoms with Gasteiger partial charge in [-0.05, 0) is 18.8 Å². The lowest BCUT2D eigenvalue weighted by atomic mass is 9.95. The predicted octanol–water partition coefficient (Wildman–Crippen LogP) is -0.267. The second-order valence-corrected chi connectivity index (χ2v) is 2.82. The van der Waals surface area contributed by atoms with Crippen LogP contribution < -0.4 is 5.73 Å². The van der Waals surface area contributed by atoms with E-state index in [1.807, 2.05) is 0 Å². The maximum Gasteiger partial charge on any atom is 0.0586 e. The van der Waals surface area contributed by atoms with Crippen molar-refractivity contribution >= 4 is 0 Å². The molecule has 3 heteroatoms. The predicted molar refractivity (Wildman–Crippen MR) is 38.6 cm³/mol. The van der Waals surface area contributed by atoms with Crippen LogP contribution in [0.5, 0.6) is 0 Å². The van der Waals surface area contributed by atoms with E-state index in [2.05, 4.69) is 0 Å². The quantitative estimate of drug-likeness (QED) is 0.562. The van der Waals surface area contributed by atoms with E-state index in [0.717, 1.165) is 26.1 Å². The molecule has 0 bridgehead atoms. The fourth-order valence-electron chi connectivity index (χ4n) is 1.25. The fourth-order valence-corrected chi connectivity index (χ4v) is 1.25. The molecule has 0 aliphatic carbocycles. The van der Waals surface area contributed by atoms with Crippen molar-refractivity contribution in [3.8, 4) is 0 Å². The monoisotopic (exact) mass is 145 g/mol. The topological polar surface area (TPSA) is 55.5 Å². The van der Waals surface area contributed by atoms with Gasteiger partial charge in [-0.25, -0.2) is 0 Å². The molecule has 60 valence electrons. The normalized spacial score (nSPS) is 30.0. The average molecular weight is 145 g/mol. The number of rotatable bonds is 2. The van der Waals surface area contributed by atoms with E-state index in [-0.39, 0.29) is 12.6 Å². The third-order valence-electron chi connectivity index (χ3n) is 2.01. The molecule has 3 nitrogen and oxygen atoms in total. The molecular weight excluding hydrogens is 130 g/mol. The van der Waals surface area contributed by atoms with Crippen molar-refractivity contribution < 1.29 is 9.84 Å². The standard InChI is InChI=1S/C7H15NO2/c8-7(4-9)6-2-1-3-10-5-6/h6-7,9H,1-5,8H2/t6-,7-/m0/s1. The van der Waals surface area contributed by atoms with E-state index in [1.165, 1.54) is 0 Å². The molecule has 10 heavy (non-hydrogen) atoms. The Labute approximate surface area is 61.2 Å². The van der Waals surface area contributed by atoms with Crippen LogP contribution in [0.15, 0.2) is 0 Å². The highest BCUT2D eigenvalue weighted by atomic mass is 16.5. The van der Waals surface area contributed by atoms with Crippen LogP contribution in [0.25, 0.3) is 0 Å². The van der Waals surface area contributed by atoms with Crippen LogP contribution in [0.1, 0.15) is 12.8 Å². The Bertz CT molecular complexity index is 91.6. The van der Waals surface area contributed by atoms with Gasteiger partial charge in [-0.2, -0.15) is 0 Å². The minimum absolute atomic E-state index is 0.0774. The zero-order chi connectivity index (χ0) is 7.40. The highest BCUT2D eigenvalue weighted by molar-refractivity contribution is 4.73. The second-order valence-electron chi connectivity index (χ2n) is 2.82. The van der Waals surface area contributed by atoms with Gasteiger partial charge in [0.15, 0.2) is 0 Å². The molecular formula is C7H15NO2. The summed E-state index contributed by atoms with van der Waals surface area (Å²) in [6, 6.07) is -0.0831. The van der Waals surface area contributed by atoms with Crippen LogP contribution in [0.3, 0.4) is 0 Å². The summed E-state index contributed by atoms with van der Waals surface area (Å²) in [7, 11) is 0. The minimum atomic E-state index is -0.0831. The Kier molecular flexibility index (Phi) is 3.12. The van der Waals surface area contributed by atoms with E-state index in [0.29, 0.717) is 5.92 Å². The van der Waals surface area contributed by atoms with Crippen molar-refractivity contribution in [1.29, 1.82) is 0 Å². The first-order valence-electron chi connectivity index (χ1n) is 3.78. The van der Waals surface area contributed by atoms with E-state index >= 15 is 0 Å². The molecule has 0 aromatic heterocycles. The number of ether oxygens (including phenoxy) is 1. The third kappa shape index (κ3) is 1.94. The van der Waals surface area contributed by atoms with Gasteiger partial charge in [-0.3, -0.25) is 0 Å². The van der Waals surface area contributed by atoms with Gasteiger partial charge in [-0.15, -0.1) is 0 Å². The van der Waals surface area contributed by atoms with Crippen LogP contribution in [0.4, 0.5) is 0 Å². The van der Waals surface area contributed by atoms with Crippen molar-refractivity contribution in [2.75, 3.05) is 19.8 Å². The first kappa shape index (κ1) is 7.98. The van der Waals surface area contributed by atoms with Gasteiger partial charge in [0.25, 0.3) is 0 Å². The molecule has 1 rings (SSSR count). The number of nitrogens with two attached hydrogens (primary N) is 1. The van der Waals surface area contributed by atoms with Crippen molar-refractivity contribution in [2.24, 2.45) is 11.7 Å². The largest absolute Gasteiger partial charge is 0.395 e. The van der Waals surface area contributed by atoms with Gasteiger partial charge in [0, 0.05) is 12.6 Å². The number of hydrogen-bond donors (Lipinski definition) is 2. The molecule has 0 amide bonds. The van der Waals surface area contributed by atoms with Crippen molar-refractivity contribution in [2.45, 2.75) is 18.9 Å². The Balaban J connectivity index is 2.24. The molecule has 0 unspecified atom stereocenters. The smallest absolute Gasteiger partial charge is 0.0586 e. The summed E-state index contributed by atoms with van der Waals surface area (Å²) >= 11 is 0. The maximum atomic E-state index is 8.71. The molecule has 0 spiro atoms. The van der Waals surface area contributed by atoms with Gasteiger partial charge in [0.05, 0.1) is 13.2 Å². The molecule has 0 saturated carbocycles. The van der Waals surface area contributed by atoms with E-state index in [9.17, 15) is 0 Å². The van der Waals surface area contributed by atoms with Crippen LogP contribution in [0.2, 0.25) is 0 Å². The van der Waals surface area contributed by atoms with Crippen molar-refractivity contribution in [3.63, 3.8) is 0 Å². The van der Waals surface area contributed by atoms with Crippen molar-refractivity contribution in [3.05, 3.63) is 0 Å². The molecule has 3 N–H and O–H groups in total. The minimum Gasteiger partial charge on any atom is -0.395 e. The fraction of sp³-hybridized carbons (Fsp3) is 1.00. The average Bonchev–Trinajstić information content (AvgIpc) is 2.05. The van der Waals surface area contributed by atoms with Crippen LogP contribution in [0, 0.1) is 5.92 Å². The molecule has 1 saturated heterocycles. The highest BCUT2D eigenvalue weighted by Gasteiger charge is 2.19. The van der Waals surface area contributed by atoms with E-state index in [1.54, 1.807) is 0 Å². The summed E-state index contributed by atoms with van der Waals surface area (Å²) in [5.74, 6) is 0.374. The van der Waals surface area contributed by atoms with Crippen molar-refractivity contribution in [1.82, 2.24) is 0 Å². The molecule has 2 atom stereocenters. The van der Waals surface area contributed by atoms with Crippen LogP contribution in [-0.4, -0.2) is 31.0 Å². The van der Waals surface area contributed by atoms with Gasteiger partial charge in [0.2, 0.25) is 0 Å². The third-order valence-corrected chi connectivity index (χ3v) is 2.01. The molecule has 0 radical (unpaired) electrons. The number of aliphatic hydroxyl groups is 1. The number of hydrogen-bond acceptors (Lipinski definition) is 3. The lowest BCUT2D eigenvalue weighted by molar-refractivity contribution is 0.0358. The molecule has 1 aliphatic rings. The lowest BCUT2D eigenvalue weighted by Gasteiger charge is -2.25. The van der Waals surface area contributed by atoms with Gasteiger partial charge >= 0.3 is 0 Å². The number of aliphatic hydroxyl groups excluding tert-OH is 1. The summed E-state index contributed by atoms with van der Waals surface area (Å²) in [5.41, 5.74) is 5.62. The second kappa shape index (κ2) is 3.91. The molecule has 1 aliphatic heterocycles. The van der Waals surface area contributed by atoms with E-state index in [4.69, 9.17) is 15.6 Å². The summed E-state index contributed by atoms with van der Waals surface area (Å²) in [6.45, 7) is 1.66. The Morgan fingerprint density at radius 3 is 3.00 bits per heavy atom. The first-order chi connectivity index (χ1) is 4.84. The van der Waals surface area contributed by atoms with Gasteiger partial charge in [0.1, 0.15) is 0 Å². The lowest BCUT2D eigenvalue weighted by Crippen LogP contribution is -2.38. The first-order valence-corrected chi connectivity index (χ1v) is 3.78. The maximum absolute atomic E-state index is 8.71. The van der Waals surface area contributed by atoms with E-state index < -0.39 is 0 Å². The summed E-state index contributed by atoms with van der Waals surface area (Å²) < 4.78 is 5.21. The van der Waals surface area contributed by atoms with Gasteiger partial charge in [-0.1, -0.05) is 0 Å². The van der Waals surface area contributed by atoms with Gasteiger partial charge < -0.3 is 15.6 Å². The Morgan fingerprint density at radius 1 is 1.70 bits per heavy atom. The zero-order valence-electron chi connectivity index (χ0n) is 6.12.